The second-order valence-electron chi connectivity index (χ2n) is 8.39. The molecule has 0 spiro atoms. The number of hydrogen-bond donors (Lipinski definition) is 4. The van der Waals surface area contributed by atoms with Gasteiger partial charge in [0.05, 0.1) is 13.2 Å². The van der Waals surface area contributed by atoms with Crippen LogP contribution in [-0.2, 0) is 38.6 Å². The SMILES string of the molecule is O=C(Oc1ccccc1)OC1[C@@H](O)[C@@H](COP(=O)(O)OP(=O)(O)OCc2ccccc2)O[C@H]1n1ccc(=O)[nH]c1=O. The van der Waals surface area contributed by atoms with Crippen molar-refractivity contribution in [1.82, 2.24) is 9.55 Å². The standard InChI is InChI=1S/C23H24N2O14P2/c26-18-11-12-25(22(28)24-18)21-20(38-23(29)36-16-9-5-2-6-10-16)19(27)17(37-21)14-35-41(32,33)39-40(30,31)34-13-15-7-3-1-4-8-15/h1-12,17,19-21,27H,13-14H2,(H,30,31)(H,32,33)(H,24,26,28)/t17-,19+,20?,21-/m1/s1. The number of phosphoric acid groups is 2. The van der Waals surface area contributed by atoms with Crippen LogP contribution in [0, 0.1) is 0 Å². The summed E-state index contributed by atoms with van der Waals surface area (Å²) < 4.78 is 54.8. The average molecular weight is 614 g/mol. The number of para-hydroxylation sites is 1. The number of aliphatic hydroxyl groups excluding tert-OH is 1. The summed E-state index contributed by atoms with van der Waals surface area (Å²) in [6.07, 6.45) is -6.85. The maximum atomic E-state index is 12.4. The van der Waals surface area contributed by atoms with Gasteiger partial charge in [0.2, 0.25) is 0 Å². The zero-order chi connectivity index (χ0) is 29.6. The van der Waals surface area contributed by atoms with Gasteiger partial charge in [-0.15, -0.1) is 0 Å². The summed E-state index contributed by atoms with van der Waals surface area (Å²) in [6.45, 7) is -1.37. The van der Waals surface area contributed by atoms with E-state index in [0.717, 1.165) is 16.8 Å². The number of aromatic amines is 1. The first kappa shape index (κ1) is 30.5. The van der Waals surface area contributed by atoms with Gasteiger partial charge in [-0.2, -0.15) is 4.31 Å². The zero-order valence-electron chi connectivity index (χ0n) is 20.8. The zero-order valence-corrected chi connectivity index (χ0v) is 22.6. The fourth-order valence-electron chi connectivity index (χ4n) is 3.63. The van der Waals surface area contributed by atoms with Gasteiger partial charge < -0.3 is 29.1 Å². The lowest BCUT2D eigenvalue weighted by atomic mass is 10.1. The van der Waals surface area contributed by atoms with Crippen LogP contribution in [0.1, 0.15) is 11.8 Å². The molecule has 0 aliphatic carbocycles. The van der Waals surface area contributed by atoms with Crippen LogP contribution in [0.4, 0.5) is 4.79 Å². The number of benzene rings is 2. The molecule has 0 bridgehead atoms. The third-order valence-corrected chi connectivity index (χ3v) is 8.04. The second kappa shape index (κ2) is 13.0. The van der Waals surface area contributed by atoms with E-state index in [1.54, 1.807) is 48.5 Å². The highest BCUT2D eigenvalue weighted by molar-refractivity contribution is 7.61. The Hall–Kier alpha value is -3.43. The lowest BCUT2D eigenvalue weighted by Crippen LogP contribution is -2.41. The van der Waals surface area contributed by atoms with Crippen molar-refractivity contribution in [2.45, 2.75) is 31.1 Å². The van der Waals surface area contributed by atoms with Crippen molar-refractivity contribution in [1.29, 1.82) is 0 Å². The maximum absolute atomic E-state index is 12.4. The first-order valence-electron chi connectivity index (χ1n) is 11.7. The first-order chi connectivity index (χ1) is 19.4. The molecule has 220 valence electrons. The Morgan fingerprint density at radius 3 is 2.24 bits per heavy atom. The number of H-pyrrole nitrogens is 1. The van der Waals surface area contributed by atoms with Crippen LogP contribution >= 0.6 is 15.6 Å². The maximum Gasteiger partial charge on any atom is 0.514 e. The van der Waals surface area contributed by atoms with Gasteiger partial charge in [0.1, 0.15) is 18.0 Å². The minimum Gasteiger partial charge on any atom is -0.423 e. The van der Waals surface area contributed by atoms with Crippen LogP contribution in [0.15, 0.2) is 82.5 Å². The predicted molar refractivity (Wildman–Crippen MR) is 136 cm³/mol. The summed E-state index contributed by atoms with van der Waals surface area (Å²) in [7, 11) is -10.4. The number of carbonyl (C=O) groups is 1. The van der Waals surface area contributed by atoms with Crippen molar-refractivity contribution in [2.75, 3.05) is 6.61 Å². The molecule has 1 aliphatic rings. The Labute approximate surface area is 230 Å². The highest BCUT2D eigenvalue weighted by Crippen LogP contribution is 2.60. The fourth-order valence-corrected chi connectivity index (χ4v) is 5.70. The summed E-state index contributed by atoms with van der Waals surface area (Å²) in [4.78, 5) is 58.1. The van der Waals surface area contributed by atoms with E-state index in [2.05, 4.69) is 4.31 Å². The summed E-state index contributed by atoms with van der Waals surface area (Å²) in [6, 6.07) is 16.8. The summed E-state index contributed by atoms with van der Waals surface area (Å²) in [5.41, 5.74) is -1.26. The number of carbonyl (C=O) groups excluding carboxylic acids is 1. The van der Waals surface area contributed by atoms with Crippen LogP contribution in [0.2, 0.25) is 0 Å². The minimum absolute atomic E-state index is 0.102. The van der Waals surface area contributed by atoms with Crippen molar-refractivity contribution in [3.8, 4) is 5.75 Å². The molecule has 41 heavy (non-hydrogen) atoms. The average Bonchev–Trinajstić information content (AvgIpc) is 3.21. The summed E-state index contributed by atoms with van der Waals surface area (Å²) in [5.74, 6) is 0.102. The molecule has 1 fully saturated rings. The van der Waals surface area contributed by atoms with Gasteiger partial charge in [-0.05, 0) is 17.7 Å². The molecule has 0 saturated carbocycles. The van der Waals surface area contributed by atoms with Gasteiger partial charge in [-0.1, -0.05) is 48.5 Å². The highest BCUT2D eigenvalue weighted by atomic mass is 31.3. The number of hydrogen-bond acceptors (Lipinski definition) is 12. The van der Waals surface area contributed by atoms with Crippen LogP contribution < -0.4 is 16.0 Å². The van der Waals surface area contributed by atoms with Crippen LogP contribution in [0.3, 0.4) is 0 Å². The molecule has 18 heteroatoms. The van der Waals surface area contributed by atoms with Gasteiger partial charge in [0, 0.05) is 12.3 Å². The van der Waals surface area contributed by atoms with Gasteiger partial charge >= 0.3 is 27.5 Å². The Kier molecular flexibility index (Phi) is 9.71. The molecular formula is C23H24N2O14P2. The van der Waals surface area contributed by atoms with E-state index in [9.17, 15) is 38.4 Å². The molecule has 2 heterocycles. The fraction of sp³-hybridized carbons (Fsp3) is 0.261. The summed E-state index contributed by atoms with van der Waals surface area (Å²) >= 11 is 0. The van der Waals surface area contributed by atoms with Crippen LogP contribution in [0.5, 0.6) is 5.75 Å². The Bertz CT molecular complexity index is 1550. The van der Waals surface area contributed by atoms with E-state index in [4.69, 9.17) is 23.3 Å². The van der Waals surface area contributed by atoms with Crippen molar-refractivity contribution in [3.63, 3.8) is 0 Å². The number of rotatable bonds is 11. The molecular weight excluding hydrogens is 590 g/mol. The van der Waals surface area contributed by atoms with Crippen molar-refractivity contribution in [2.24, 2.45) is 0 Å². The molecule has 3 aromatic rings. The molecule has 3 unspecified atom stereocenters. The first-order valence-corrected chi connectivity index (χ1v) is 14.7. The number of aromatic nitrogens is 2. The normalized spacial score (nSPS) is 23.3. The quantitative estimate of drug-likeness (QED) is 0.137. The summed E-state index contributed by atoms with van der Waals surface area (Å²) in [5, 5.41) is 10.8. The topological polar surface area (TPSA) is 222 Å². The van der Waals surface area contributed by atoms with E-state index in [-0.39, 0.29) is 5.75 Å². The van der Waals surface area contributed by atoms with Gasteiger partial charge in [0.25, 0.3) is 5.56 Å². The van der Waals surface area contributed by atoms with Crippen molar-refractivity contribution < 1.29 is 56.4 Å². The largest absolute Gasteiger partial charge is 0.514 e. The van der Waals surface area contributed by atoms with Crippen LogP contribution in [0.25, 0.3) is 0 Å². The van der Waals surface area contributed by atoms with Crippen LogP contribution in [-0.4, -0.2) is 55.5 Å². The molecule has 6 atom stereocenters. The number of aliphatic hydroxyl groups is 1. The van der Waals surface area contributed by atoms with Gasteiger partial charge in [0.15, 0.2) is 12.3 Å². The molecule has 0 amide bonds. The Morgan fingerprint density at radius 2 is 1.59 bits per heavy atom. The number of nitrogens with one attached hydrogen (secondary N) is 1. The third kappa shape index (κ3) is 8.53. The third-order valence-electron chi connectivity index (χ3n) is 5.46. The number of ether oxygens (including phenoxy) is 3. The van der Waals surface area contributed by atoms with Crippen molar-refractivity contribution >= 4 is 21.8 Å². The highest BCUT2D eigenvalue weighted by Gasteiger charge is 2.49. The van der Waals surface area contributed by atoms with E-state index in [0.29, 0.717) is 5.56 Å². The lowest BCUT2D eigenvalue weighted by Gasteiger charge is -2.21. The molecule has 1 saturated heterocycles. The molecule has 1 aliphatic heterocycles. The molecule has 16 nitrogen and oxygen atoms in total. The molecule has 2 aromatic carbocycles. The van der Waals surface area contributed by atoms with Gasteiger partial charge in [-0.3, -0.25) is 23.4 Å². The molecule has 4 rings (SSSR count). The molecule has 1 aromatic heterocycles. The van der Waals surface area contributed by atoms with E-state index >= 15 is 0 Å². The Balaban J connectivity index is 1.44. The van der Waals surface area contributed by atoms with E-state index in [1.807, 2.05) is 4.98 Å². The number of nitrogens with zero attached hydrogens (tertiary/aromatic N) is 1. The monoisotopic (exact) mass is 614 g/mol. The smallest absolute Gasteiger partial charge is 0.423 e. The second-order valence-corrected chi connectivity index (χ2v) is 11.4. The molecule has 0 radical (unpaired) electrons. The minimum atomic E-state index is -5.29. The lowest BCUT2D eigenvalue weighted by molar-refractivity contribution is -0.0605. The van der Waals surface area contributed by atoms with E-state index < -0.39 is 70.8 Å². The number of phosphoric ester groups is 2. The van der Waals surface area contributed by atoms with Gasteiger partial charge in [-0.25, -0.2) is 18.7 Å². The Morgan fingerprint density at radius 1 is 0.951 bits per heavy atom. The molecule has 4 N–H and O–H groups in total. The van der Waals surface area contributed by atoms with Crippen molar-refractivity contribution in [3.05, 3.63) is 99.3 Å². The predicted octanol–water partition coefficient (Wildman–Crippen LogP) is 1.83. The van der Waals surface area contributed by atoms with E-state index in [1.165, 1.54) is 12.1 Å².